The van der Waals surface area contributed by atoms with E-state index in [0.717, 1.165) is 70.9 Å². The molecule has 2 saturated heterocycles. The zero-order valence-corrected chi connectivity index (χ0v) is 22.7. The normalized spacial score (nSPS) is 22.5. The molecule has 8 rings (SSSR count). The van der Waals surface area contributed by atoms with Crippen molar-refractivity contribution in [3.05, 3.63) is 84.1 Å². The third-order valence-electron chi connectivity index (χ3n) is 9.17. The number of H-pyrrole nitrogens is 1. The molecule has 0 saturated carbocycles. The summed E-state index contributed by atoms with van der Waals surface area (Å²) >= 11 is 0. The van der Waals surface area contributed by atoms with Gasteiger partial charge in [0.15, 0.2) is 0 Å². The molecule has 0 spiro atoms. The molecule has 1 aliphatic carbocycles. The second-order valence-electron chi connectivity index (χ2n) is 11.5. The van der Waals surface area contributed by atoms with Gasteiger partial charge in [-0.05, 0) is 73.4 Å². The van der Waals surface area contributed by atoms with Crippen molar-refractivity contribution in [3.63, 3.8) is 0 Å². The molecule has 7 nitrogen and oxygen atoms in total. The number of hydrogen-bond acceptors (Lipinski definition) is 6. The number of pyridine rings is 2. The smallest absolute Gasteiger partial charge is 0.137 e. The molecule has 3 aliphatic rings. The van der Waals surface area contributed by atoms with Crippen LogP contribution in [0.1, 0.15) is 36.0 Å². The summed E-state index contributed by atoms with van der Waals surface area (Å²) in [5, 5.41) is 1.05. The Labute approximate surface area is 233 Å². The minimum atomic E-state index is 0.647. The first-order valence-electron chi connectivity index (χ1n) is 14.4. The number of aryl methyl sites for hydroxylation is 3. The highest BCUT2D eigenvalue weighted by Gasteiger charge is 2.45. The molecule has 4 aromatic heterocycles. The van der Waals surface area contributed by atoms with Gasteiger partial charge in [0.05, 0.1) is 37.0 Å². The van der Waals surface area contributed by atoms with E-state index in [4.69, 9.17) is 14.7 Å². The van der Waals surface area contributed by atoms with Crippen LogP contribution in [0, 0.1) is 6.92 Å². The molecule has 0 radical (unpaired) electrons. The van der Waals surface area contributed by atoms with Gasteiger partial charge in [-0.15, -0.1) is 0 Å². The summed E-state index contributed by atoms with van der Waals surface area (Å²) < 4.78 is 5.74. The summed E-state index contributed by atoms with van der Waals surface area (Å²) in [6.07, 6.45) is 15.5. The zero-order chi connectivity index (χ0) is 26.6. The first-order chi connectivity index (χ1) is 19.7. The second kappa shape index (κ2) is 9.61. The third kappa shape index (κ3) is 4.03. The van der Waals surface area contributed by atoms with Crippen molar-refractivity contribution in [1.82, 2.24) is 29.8 Å². The van der Waals surface area contributed by atoms with Gasteiger partial charge < -0.3 is 9.72 Å². The highest BCUT2D eigenvalue weighted by atomic mass is 16.5. The Bertz CT molecular complexity index is 1700. The van der Waals surface area contributed by atoms with Crippen molar-refractivity contribution in [2.75, 3.05) is 13.2 Å². The van der Waals surface area contributed by atoms with Crippen LogP contribution in [0.5, 0.6) is 0 Å². The molecule has 5 aromatic rings. The lowest BCUT2D eigenvalue weighted by atomic mass is 9.87. The van der Waals surface area contributed by atoms with E-state index < -0.39 is 0 Å². The van der Waals surface area contributed by atoms with Crippen LogP contribution >= 0.6 is 0 Å². The average Bonchev–Trinajstić information content (AvgIpc) is 3.32. The minimum absolute atomic E-state index is 0.647. The van der Waals surface area contributed by atoms with Crippen LogP contribution in [0.2, 0.25) is 0 Å². The van der Waals surface area contributed by atoms with Crippen molar-refractivity contribution in [3.8, 4) is 33.8 Å². The molecule has 2 aliphatic heterocycles. The number of benzene rings is 1. The summed E-state index contributed by atoms with van der Waals surface area (Å²) in [5.41, 5.74) is 10.7. The Kier molecular flexibility index (Phi) is 5.74. The lowest BCUT2D eigenvalue weighted by molar-refractivity contribution is -0.148. The van der Waals surface area contributed by atoms with Crippen LogP contribution in [0.4, 0.5) is 0 Å². The summed E-state index contributed by atoms with van der Waals surface area (Å²) in [6, 6.07) is 15.2. The number of fused-ring (bicyclic) bond motifs is 4. The van der Waals surface area contributed by atoms with E-state index in [1.165, 1.54) is 36.0 Å². The topological polar surface area (TPSA) is 79.8 Å². The molecule has 2 unspecified atom stereocenters. The Morgan fingerprint density at radius 3 is 2.45 bits per heavy atom. The van der Waals surface area contributed by atoms with E-state index in [2.05, 4.69) is 44.1 Å². The van der Waals surface area contributed by atoms with E-state index in [-0.39, 0.29) is 0 Å². The maximum atomic E-state index is 5.74. The predicted molar refractivity (Wildman–Crippen MR) is 156 cm³/mol. The fourth-order valence-electron chi connectivity index (χ4n) is 7.05. The number of rotatable bonds is 4. The van der Waals surface area contributed by atoms with Gasteiger partial charge in [-0.2, -0.15) is 0 Å². The maximum absolute atomic E-state index is 5.74. The molecule has 3 atom stereocenters. The quantitative estimate of drug-likeness (QED) is 0.298. The largest absolute Gasteiger partial charge is 0.378 e. The molecule has 200 valence electrons. The van der Waals surface area contributed by atoms with Crippen LogP contribution in [0.3, 0.4) is 0 Å². The van der Waals surface area contributed by atoms with Crippen LogP contribution < -0.4 is 0 Å². The number of morpholine rings is 1. The highest BCUT2D eigenvalue weighted by molar-refractivity contribution is 5.94. The van der Waals surface area contributed by atoms with Crippen molar-refractivity contribution in [2.45, 2.75) is 57.2 Å². The van der Waals surface area contributed by atoms with Gasteiger partial charge in [0.25, 0.3) is 0 Å². The highest BCUT2D eigenvalue weighted by Crippen LogP contribution is 2.38. The van der Waals surface area contributed by atoms with E-state index in [1.54, 1.807) is 12.4 Å². The third-order valence-corrected chi connectivity index (χ3v) is 9.17. The first-order valence-corrected chi connectivity index (χ1v) is 14.4. The van der Waals surface area contributed by atoms with E-state index in [1.807, 2.05) is 37.6 Å². The van der Waals surface area contributed by atoms with Gasteiger partial charge in [-0.25, -0.2) is 4.98 Å². The number of aromatic nitrogens is 5. The number of hydrogen-bond donors (Lipinski definition) is 1. The molecule has 6 heterocycles. The van der Waals surface area contributed by atoms with Crippen LogP contribution in [-0.4, -0.2) is 61.2 Å². The van der Waals surface area contributed by atoms with Gasteiger partial charge in [0, 0.05) is 53.2 Å². The molecule has 0 amide bonds. The van der Waals surface area contributed by atoms with Crippen molar-refractivity contribution < 1.29 is 4.74 Å². The molecular formula is C33H32N6O. The maximum Gasteiger partial charge on any atom is 0.137 e. The first kappa shape index (κ1) is 23.9. The number of nitrogens with zero attached hydrogens (tertiary/aromatic N) is 5. The van der Waals surface area contributed by atoms with Crippen molar-refractivity contribution in [1.29, 1.82) is 0 Å². The Balaban J connectivity index is 1.06. The summed E-state index contributed by atoms with van der Waals surface area (Å²) in [5.74, 6) is 0. The monoisotopic (exact) mass is 528 g/mol. The van der Waals surface area contributed by atoms with Gasteiger partial charge in [-0.3, -0.25) is 19.9 Å². The SMILES string of the molecule is Cc1cccnc1-c1cnc(-c2c[nH]c3ncc(-c4ccc5c(c4)CC[C@@H](N4C6COCC4C6)CC5)cc23)cn1. The van der Waals surface area contributed by atoms with Crippen LogP contribution in [0.25, 0.3) is 44.8 Å². The summed E-state index contributed by atoms with van der Waals surface area (Å²) in [4.78, 5) is 24.8. The number of ether oxygens (including phenoxy) is 1. The van der Waals surface area contributed by atoms with E-state index >= 15 is 0 Å². The molecule has 7 heteroatoms. The fourth-order valence-corrected chi connectivity index (χ4v) is 7.05. The van der Waals surface area contributed by atoms with Crippen LogP contribution in [-0.2, 0) is 17.6 Å². The Morgan fingerprint density at radius 1 is 0.825 bits per heavy atom. The molecular weight excluding hydrogens is 496 g/mol. The molecule has 2 fully saturated rings. The lowest BCUT2D eigenvalue weighted by Gasteiger charge is -2.56. The van der Waals surface area contributed by atoms with Gasteiger partial charge >= 0.3 is 0 Å². The summed E-state index contributed by atoms with van der Waals surface area (Å²) in [7, 11) is 0. The standard InChI is InChI=1S/C33H32N6O/c1-20-3-2-10-34-32(20)31-17-35-30(16-36-31)29-15-38-33-28(29)12-24(14-37-33)23-5-4-21-6-8-25(9-7-22(21)11-23)39-26-13-27(39)19-40-18-26/h2-5,10-12,14-17,25-27H,6-9,13,18-19H2,1H3,(H,37,38)/t25-,26?,27?/m0/s1. The second-order valence-corrected chi connectivity index (χ2v) is 11.5. The fraction of sp³-hybridized carbons (Fsp3) is 0.333. The number of aromatic amines is 1. The average molecular weight is 529 g/mol. The van der Waals surface area contributed by atoms with E-state index in [0.29, 0.717) is 18.1 Å². The molecule has 40 heavy (non-hydrogen) atoms. The summed E-state index contributed by atoms with van der Waals surface area (Å²) in [6.45, 7) is 3.87. The Morgan fingerprint density at radius 2 is 1.65 bits per heavy atom. The predicted octanol–water partition coefficient (Wildman–Crippen LogP) is 5.78. The Hall–Kier alpha value is -3.94. The van der Waals surface area contributed by atoms with Crippen LogP contribution in [0.15, 0.2) is 67.4 Å². The molecule has 1 aromatic carbocycles. The number of nitrogens with one attached hydrogen (secondary N) is 1. The van der Waals surface area contributed by atoms with Gasteiger partial charge in [-0.1, -0.05) is 24.3 Å². The van der Waals surface area contributed by atoms with E-state index in [9.17, 15) is 0 Å². The molecule has 2 bridgehead atoms. The minimum Gasteiger partial charge on any atom is -0.378 e. The van der Waals surface area contributed by atoms with Gasteiger partial charge in [0.2, 0.25) is 0 Å². The van der Waals surface area contributed by atoms with Crippen molar-refractivity contribution >= 4 is 11.0 Å². The van der Waals surface area contributed by atoms with Crippen molar-refractivity contribution in [2.24, 2.45) is 0 Å². The van der Waals surface area contributed by atoms with Gasteiger partial charge in [0.1, 0.15) is 11.3 Å². The lowest BCUT2D eigenvalue weighted by Crippen LogP contribution is -2.66. The molecule has 1 N–H and O–H groups in total. The zero-order valence-electron chi connectivity index (χ0n) is 22.7.